The van der Waals surface area contributed by atoms with E-state index >= 15 is 0 Å². The van der Waals surface area contributed by atoms with Crippen molar-refractivity contribution in [2.24, 2.45) is 0 Å². The predicted octanol–water partition coefficient (Wildman–Crippen LogP) is 4.18. The maximum absolute atomic E-state index is 12.5. The van der Waals surface area contributed by atoms with Crippen molar-refractivity contribution in [3.05, 3.63) is 27.5 Å². The summed E-state index contributed by atoms with van der Waals surface area (Å²) in [7, 11) is 0. The molecule has 0 bridgehead atoms. The zero-order chi connectivity index (χ0) is 10.3. The van der Waals surface area contributed by atoms with Gasteiger partial charge in [-0.05, 0) is 39.5 Å². The maximum Gasteiger partial charge on any atom is 0.265 e. The van der Waals surface area contributed by atoms with Crippen molar-refractivity contribution in [1.82, 2.24) is 0 Å². The molecule has 0 unspecified atom stereocenters. The average Bonchev–Trinajstić information content (AvgIpc) is 2.42. The third-order valence-corrected chi connectivity index (χ3v) is 3.53. The normalized spacial score (nSPS) is 11.4. The lowest BCUT2D eigenvalue weighted by molar-refractivity contribution is 0.152. The molecule has 0 aliphatic heterocycles. The van der Waals surface area contributed by atoms with E-state index in [0.29, 0.717) is 0 Å². The Bertz CT molecular complexity index is 481. The van der Waals surface area contributed by atoms with Gasteiger partial charge in [-0.3, -0.25) is 0 Å². The van der Waals surface area contributed by atoms with Crippen LogP contribution in [-0.2, 0) is 0 Å². The van der Waals surface area contributed by atoms with Crippen LogP contribution in [0.15, 0.2) is 22.0 Å². The Morgan fingerprint density at radius 1 is 1.29 bits per heavy atom. The van der Waals surface area contributed by atoms with Crippen LogP contribution in [0.4, 0.5) is 14.5 Å². The second-order valence-electron chi connectivity index (χ2n) is 2.87. The maximum atomic E-state index is 12.5. The Kier molecular flexibility index (Phi) is 2.45. The molecule has 1 aromatic carbocycles. The number of alkyl halides is 2. The number of nitrogen functional groups attached to an aromatic ring is 1. The Morgan fingerprint density at radius 3 is 2.64 bits per heavy atom. The SMILES string of the molecule is Nc1cc2cc(Br)sc2cc1C(F)F. The van der Waals surface area contributed by atoms with Crippen LogP contribution in [0.5, 0.6) is 0 Å². The summed E-state index contributed by atoms with van der Waals surface area (Å²) in [4.78, 5) is 0. The van der Waals surface area contributed by atoms with Crippen LogP contribution in [-0.4, -0.2) is 0 Å². The summed E-state index contributed by atoms with van der Waals surface area (Å²) in [6.45, 7) is 0. The van der Waals surface area contributed by atoms with Crippen molar-refractivity contribution in [1.29, 1.82) is 0 Å². The zero-order valence-corrected chi connectivity index (χ0v) is 9.33. The quantitative estimate of drug-likeness (QED) is 0.778. The van der Waals surface area contributed by atoms with Crippen molar-refractivity contribution in [3.8, 4) is 0 Å². The molecule has 0 saturated heterocycles. The molecule has 2 N–H and O–H groups in total. The van der Waals surface area contributed by atoms with Gasteiger partial charge in [-0.25, -0.2) is 8.78 Å². The number of benzene rings is 1. The Labute approximate surface area is 91.7 Å². The highest BCUT2D eigenvalue weighted by Gasteiger charge is 2.13. The molecule has 0 aliphatic carbocycles. The lowest BCUT2D eigenvalue weighted by atomic mass is 10.1. The summed E-state index contributed by atoms with van der Waals surface area (Å²) in [5, 5.41) is 0.892. The molecular formula is C9H6BrF2NS. The Balaban J connectivity index is 2.70. The summed E-state index contributed by atoms with van der Waals surface area (Å²) in [5.74, 6) is 0. The standard InChI is InChI=1S/C9H6BrF2NS/c10-8-2-4-1-6(13)5(9(11)12)3-7(4)14-8/h1-3,9H,13H2. The minimum atomic E-state index is -2.51. The van der Waals surface area contributed by atoms with Gasteiger partial charge in [0, 0.05) is 16.0 Å². The van der Waals surface area contributed by atoms with Crippen molar-refractivity contribution in [2.75, 3.05) is 5.73 Å². The highest BCUT2D eigenvalue weighted by Crippen LogP contribution is 2.35. The largest absolute Gasteiger partial charge is 0.398 e. The van der Waals surface area contributed by atoms with E-state index in [1.165, 1.54) is 17.4 Å². The van der Waals surface area contributed by atoms with Gasteiger partial charge < -0.3 is 5.73 Å². The zero-order valence-electron chi connectivity index (χ0n) is 6.93. The smallest absolute Gasteiger partial charge is 0.265 e. The van der Waals surface area contributed by atoms with E-state index in [4.69, 9.17) is 5.73 Å². The first-order chi connectivity index (χ1) is 6.58. The molecule has 74 valence electrons. The minimum Gasteiger partial charge on any atom is -0.398 e. The molecule has 0 radical (unpaired) electrons. The van der Waals surface area contributed by atoms with Crippen LogP contribution in [0.1, 0.15) is 12.0 Å². The first kappa shape index (κ1) is 9.86. The third kappa shape index (κ3) is 1.62. The van der Waals surface area contributed by atoms with Gasteiger partial charge in [0.15, 0.2) is 0 Å². The van der Waals surface area contributed by atoms with Gasteiger partial charge in [-0.15, -0.1) is 11.3 Å². The van der Waals surface area contributed by atoms with Crippen LogP contribution in [0.2, 0.25) is 0 Å². The predicted molar refractivity (Wildman–Crippen MR) is 58.9 cm³/mol. The van der Waals surface area contributed by atoms with Gasteiger partial charge in [0.25, 0.3) is 6.43 Å². The average molecular weight is 278 g/mol. The first-order valence-corrected chi connectivity index (χ1v) is 5.45. The van der Waals surface area contributed by atoms with Crippen LogP contribution >= 0.6 is 27.3 Å². The molecule has 1 aromatic heterocycles. The molecule has 14 heavy (non-hydrogen) atoms. The molecule has 5 heteroatoms. The molecule has 2 aromatic rings. The molecule has 0 saturated carbocycles. The number of hydrogen-bond acceptors (Lipinski definition) is 2. The van der Waals surface area contributed by atoms with Gasteiger partial charge >= 0.3 is 0 Å². The number of thiophene rings is 1. The summed E-state index contributed by atoms with van der Waals surface area (Å²) in [6, 6.07) is 4.90. The fourth-order valence-electron chi connectivity index (χ4n) is 1.28. The van der Waals surface area contributed by atoms with Crippen LogP contribution in [0.3, 0.4) is 0 Å². The molecule has 1 heterocycles. The lowest BCUT2D eigenvalue weighted by Gasteiger charge is -2.03. The number of hydrogen-bond donors (Lipinski definition) is 1. The first-order valence-electron chi connectivity index (χ1n) is 3.84. The van der Waals surface area contributed by atoms with Crippen molar-refractivity contribution in [2.45, 2.75) is 6.43 Å². The summed E-state index contributed by atoms with van der Waals surface area (Å²) < 4.78 is 26.7. The molecule has 2 rings (SSSR count). The van der Waals surface area contributed by atoms with Gasteiger partial charge in [0.2, 0.25) is 0 Å². The topological polar surface area (TPSA) is 26.0 Å². The molecule has 0 amide bonds. The number of fused-ring (bicyclic) bond motifs is 1. The van der Waals surface area contributed by atoms with E-state index in [-0.39, 0.29) is 11.3 Å². The minimum absolute atomic E-state index is 0.0909. The van der Waals surface area contributed by atoms with Gasteiger partial charge in [0.05, 0.1) is 3.79 Å². The molecule has 0 atom stereocenters. The van der Waals surface area contributed by atoms with Crippen LogP contribution < -0.4 is 5.73 Å². The van der Waals surface area contributed by atoms with E-state index in [0.717, 1.165) is 13.9 Å². The van der Waals surface area contributed by atoms with Crippen molar-refractivity contribution < 1.29 is 8.78 Å². The van der Waals surface area contributed by atoms with Crippen LogP contribution in [0, 0.1) is 0 Å². The fourth-order valence-corrected chi connectivity index (χ4v) is 2.86. The number of halogens is 3. The fraction of sp³-hybridized carbons (Fsp3) is 0.111. The number of nitrogens with two attached hydrogens (primary N) is 1. The Hall–Kier alpha value is -0.680. The van der Waals surface area contributed by atoms with E-state index in [2.05, 4.69) is 15.9 Å². The molecule has 1 nitrogen and oxygen atoms in total. The van der Waals surface area contributed by atoms with Crippen molar-refractivity contribution >= 4 is 43.0 Å². The van der Waals surface area contributed by atoms with Crippen LogP contribution in [0.25, 0.3) is 10.1 Å². The van der Waals surface area contributed by atoms with E-state index < -0.39 is 6.43 Å². The highest BCUT2D eigenvalue weighted by molar-refractivity contribution is 9.11. The van der Waals surface area contributed by atoms with Crippen molar-refractivity contribution in [3.63, 3.8) is 0 Å². The molecule has 0 spiro atoms. The van der Waals surface area contributed by atoms with E-state index in [1.54, 1.807) is 6.07 Å². The summed E-state index contributed by atoms with van der Waals surface area (Å²) in [5.41, 5.74) is 5.57. The highest BCUT2D eigenvalue weighted by atomic mass is 79.9. The summed E-state index contributed by atoms with van der Waals surface area (Å²) in [6.07, 6.45) is -2.51. The second kappa shape index (κ2) is 3.47. The third-order valence-electron chi connectivity index (χ3n) is 1.93. The van der Waals surface area contributed by atoms with E-state index in [9.17, 15) is 8.78 Å². The summed E-state index contributed by atoms with van der Waals surface area (Å²) >= 11 is 4.72. The van der Waals surface area contributed by atoms with E-state index in [1.807, 2.05) is 6.07 Å². The second-order valence-corrected chi connectivity index (χ2v) is 5.33. The van der Waals surface area contributed by atoms with Gasteiger partial charge in [-0.1, -0.05) is 0 Å². The molecule has 0 aliphatic rings. The van der Waals surface area contributed by atoms with Gasteiger partial charge in [-0.2, -0.15) is 0 Å². The number of rotatable bonds is 1. The number of anilines is 1. The molecule has 0 fully saturated rings. The molecular weight excluding hydrogens is 272 g/mol. The lowest BCUT2D eigenvalue weighted by Crippen LogP contribution is -1.93. The Morgan fingerprint density at radius 2 is 2.00 bits per heavy atom. The van der Waals surface area contributed by atoms with Gasteiger partial charge in [0.1, 0.15) is 0 Å². The monoisotopic (exact) mass is 277 g/mol.